The van der Waals surface area contributed by atoms with Gasteiger partial charge in [0.05, 0.1) is 20.3 Å². The molecule has 0 aliphatic carbocycles. The molecule has 0 spiro atoms. The molecule has 1 aromatic carbocycles. The molecular formula is C14H22O3. The second-order valence-corrected chi connectivity index (χ2v) is 5.28. The highest BCUT2D eigenvalue weighted by Crippen LogP contribution is 2.29. The molecule has 96 valence electrons. The summed E-state index contributed by atoms with van der Waals surface area (Å²) >= 11 is 0. The van der Waals surface area contributed by atoms with Crippen LogP contribution in [0, 0.1) is 5.41 Å². The topological polar surface area (TPSA) is 38.7 Å². The zero-order chi connectivity index (χ0) is 13.1. The zero-order valence-electron chi connectivity index (χ0n) is 11.3. The Morgan fingerprint density at radius 1 is 1.12 bits per heavy atom. The monoisotopic (exact) mass is 238 g/mol. The lowest BCUT2D eigenvalue weighted by molar-refractivity contribution is 0.0635. The second-order valence-electron chi connectivity index (χ2n) is 5.28. The maximum Gasteiger partial charge on any atom is 0.160 e. The number of hydrogen-bond donors (Lipinski definition) is 1. The van der Waals surface area contributed by atoms with E-state index in [0.717, 1.165) is 5.56 Å². The van der Waals surface area contributed by atoms with Crippen LogP contribution in [0.2, 0.25) is 0 Å². The van der Waals surface area contributed by atoms with E-state index in [1.165, 1.54) is 0 Å². The highest BCUT2D eigenvalue weighted by molar-refractivity contribution is 5.43. The van der Waals surface area contributed by atoms with Crippen LogP contribution >= 0.6 is 0 Å². The molecule has 0 saturated heterocycles. The fourth-order valence-corrected chi connectivity index (χ4v) is 1.54. The van der Waals surface area contributed by atoms with Gasteiger partial charge in [-0.2, -0.15) is 0 Å². The lowest BCUT2D eigenvalue weighted by Gasteiger charge is -2.26. The summed E-state index contributed by atoms with van der Waals surface area (Å²) in [6.07, 6.45) is 0.240. The Hall–Kier alpha value is -1.22. The number of ether oxygens (including phenoxy) is 2. The number of rotatable bonds is 4. The molecule has 1 aromatic rings. The van der Waals surface area contributed by atoms with E-state index in [-0.39, 0.29) is 11.5 Å². The van der Waals surface area contributed by atoms with Crippen LogP contribution < -0.4 is 9.47 Å². The summed E-state index contributed by atoms with van der Waals surface area (Å²) in [5.74, 6) is 1.41. The van der Waals surface area contributed by atoms with Gasteiger partial charge in [0.2, 0.25) is 0 Å². The molecule has 1 unspecified atom stereocenters. The van der Waals surface area contributed by atoms with Crippen molar-refractivity contribution in [2.45, 2.75) is 33.3 Å². The lowest BCUT2D eigenvalue weighted by Crippen LogP contribution is -2.28. The number of aliphatic hydroxyl groups is 1. The molecule has 0 aliphatic rings. The molecule has 0 radical (unpaired) electrons. The Labute approximate surface area is 103 Å². The summed E-state index contributed by atoms with van der Waals surface area (Å²) < 4.78 is 10.4. The van der Waals surface area contributed by atoms with Crippen molar-refractivity contribution < 1.29 is 14.6 Å². The maximum atomic E-state index is 10.1. The van der Waals surface area contributed by atoms with Gasteiger partial charge in [0, 0.05) is 0 Å². The Bertz CT molecular complexity index is 366. The summed E-state index contributed by atoms with van der Waals surface area (Å²) in [6, 6.07) is 5.73. The van der Waals surface area contributed by atoms with Gasteiger partial charge in [-0.1, -0.05) is 26.8 Å². The molecule has 1 atom stereocenters. The SMILES string of the molecule is COc1ccc(CC(O)C(C)(C)C)cc1OC. The van der Waals surface area contributed by atoms with Crippen molar-refractivity contribution in [3.05, 3.63) is 23.8 Å². The number of hydrogen-bond acceptors (Lipinski definition) is 3. The van der Waals surface area contributed by atoms with Gasteiger partial charge in [-0.15, -0.1) is 0 Å². The van der Waals surface area contributed by atoms with Crippen molar-refractivity contribution in [1.29, 1.82) is 0 Å². The average Bonchev–Trinajstić information content (AvgIpc) is 2.27. The van der Waals surface area contributed by atoms with E-state index in [9.17, 15) is 5.11 Å². The molecule has 1 N–H and O–H groups in total. The van der Waals surface area contributed by atoms with E-state index < -0.39 is 0 Å². The van der Waals surface area contributed by atoms with E-state index in [2.05, 4.69) is 0 Å². The first kappa shape index (κ1) is 13.8. The van der Waals surface area contributed by atoms with Crippen LogP contribution in [0.4, 0.5) is 0 Å². The van der Waals surface area contributed by atoms with Gasteiger partial charge < -0.3 is 14.6 Å². The Kier molecular flexibility index (Phi) is 4.40. The first-order valence-electron chi connectivity index (χ1n) is 5.77. The molecule has 17 heavy (non-hydrogen) atoms. The summed E-state index contributed by atoms with van der Waals surface area (Å²) in [5.41, 5.74) is 0.928. The molecule has 0 fully saturated rings. The minimum absolute atomic E-state index is 0.118. The molecule has 0 saturated carbocycles. The van der Waals surface area contributed by atoms with Gasteiger partial charge in [0.1, 0.15) is 0 Å². The highest BCUT2D eigenvalue weighted by Gasteiger charge is 2.22. The number of benzene rings is 1. The molecule has 0 aliphatic heterocycles. The quantitative estimate of drug-likeness (QED) is 0.876. The summed E-state index contributed by atoms with van der Waals surface area (Å²) in [4.78, 5) is 0. The molecule has 0 bridgehead atoms. The Morgan fingerprint density at radius 3 is 2.18 bits per heavy atom. The Balaban J connectivity index is 2.86. The van der Waals surface area contributed by atoms with Gasteiger partial charge in [-0.05, 0) is 29.5 Å². The predicted octanol–water partition coefficient (Wildman–Crippen LogP) is 2.65. The van der Waals surface area contributed by atoms with Gasteiger partial charge in [0.15, 0.2) is 11.5 Å². The summed E-state index contributed by atoms with van der Waals surface area (Å²) in [6.45, 7) is 6.08. The van der Waals surface area contributed by atoms with Crippen LogP contribution in [0.25, 0.3) is 0 Å². The Morgan fingerprint density at radius 2 is 1.71 bits per heavy atom. The minimum Gasteiger partial charge on any atom is -0.493 e. The first-order valence-corrected chi connectivity index (χ1v) is 5.77. The van der Waals surface area contributed by atoms with Crippen molar-refractivity contribution in [2.24, 2.45) is 5.41 Å². The highest BCUT2D eigenvalue weighted by atomic mass is 16.5. The van der Waals surface area contributed by atoms with Crippen molar-refractivity contribution in [1.82, 2.24) is 0 Å². The molecular weight excluding hydrogens is 216 g/mol. The van der Waals surface area contributed by atoms with Crippen LogP contribution in [-0.2, 0) is 6.42 Å². The third-order valence-electron chi connectivity index (χ3n) is 2.88. The van der Waals surface area contributed by atoms with Crippen molar-refractivity contribution in [2.75, 3.05) is 14.2 Å². The van der Waals surface area contributed by atoms with E-state index in [1.807, 2.05) is 39.0 Å². The fraction of sp³-hybridized carbons (Fsp3) is 0.571. The summed E-state index contributed by atoms with van der Waals surface area (Å²) in [7, 11) is 3.23. The predicted molar refractivity (Wildman–Crippen MR) is 68.7 cm³/mol. The standard InChI is InChI=1S/C14H22O3/c1-14(2,3)13(15)9-10-6-7-11(16-4)12(8-10)17-5/h6-8,13,15H,9H2,1-5H3. The van der Waals surface area contributed by atoms with Crippen molar-refractivity contribution in [3.63, 3.8) is 0 Å². The third-order valence-corrected chi connectivity index (χ3v) is 2.88. The van der Waals surface area contributed by atoms with Crippen molar-refractivity contribution >= 4 is 0 Å². The zero-order valence-corrected chi connectivity index (χ0v) is 11.3. The lowest BCUT2D eigenvalue weighted by atomic mass is 9.85. The number of methoxy groups -OCH3 is 2. The van der Waals surface area contributed by atoms with E-state index >= 15 is 0 Å². The molecule has 0 aromatic heterocycles. The third kappa shape index (κ3) is 3.63. The van der Waals surface area contributed by atoms with Crippen molar-refractivity contribution in [3.8, 4) is 11.5 Å². The van der Waals surface area contributed by atoms with E-state index in [4.69, 9.17) is 9.47 Å². The smallest absolute Gasteiger partial charge is 0.160 e. The largest absolute Gasteiger partial charge is 0.493 e. The van der Waals surface area contributed by atoms with E-state index in [0.29, 0.717) is 17.9 Å². The van der Waals surface area contributed by atoms with Crippen LogP contribution in [0.1, 0.15) is 26.3 Å². The fourth-order valence-electron chi connectivity index (χ4n) is 1.54. The minimum atomic E-state index is -0.374. The molecule has 0 amide bonds. The van der Waals surface area contributed by atoms with Crippen LogP contribution in [-0.4, -0.2) is 25.4 Å². The first-order chi connectivity index (χ1) is 7.88. The van der Waals surface area contributed by atoms with Crippen LogP contribution in [0.15, 0.2) is 18.2 Å². The van der Waals surface area contributed by atoms with Crippen LogP contribution in [0.3, 0.4) is 0 Å². The molecule has 0 heterocycles. The molecule has 3 heteroatoms. The maximum absolute atomic E-state index is 10.1. The number of aliphatic hydroxyl groups excluding tert-OH is 1. The van der Waals surface area contributed by atoms with Gasteiger partial charge in [-0.3, -0.25) is 0 Å². The van der Waals surface area contributed by atoms with E-state index in [1.54, 1.807) is 14.2 Å². The normalized spacial score (nSPS) is 13.3. The van der Waals surface area contributed by atoms with Crippen LogP contribution in [0.5, 0.6) is 11.5 Å². The second kappa shape index (κ2) is 5.41. The molecule has 1 rings (SSSR count). The summed E-state index contributed by atoms with van der Waals surface area (Å²) in [5, 5.41) is 10.1. The van der Waals surface area contributed by atoms with Gasteiger partial charge in [-0.25, -0.2) is 0 Å². The van der Waals surface area contributed by atoms with Gasteiger partial charge in [0.25, 0.3) is 0 Å². The molecule has 3 nitrogen and oxygen atoms in total. The van der Waals surface area contributed by atoms with Gasteiger partial charge >= 0.3 is 0 Å². The average molecular weight is 238 g/mol.